The smallest absolute Gasteiger partial charge is 0.222 e. The van der Waals surface area contributed by atoms with E-state index in [0.29, 0.717) is 5.92 Å². The van der Waals surface area contributed by atoms with E-state index in [-0.39, 0.29) is 0 Å². The topological polar surface area (TPSA) is 41.1 Å². The van der Waals surface area contributed by atoms with Crippen LogP contribution >= 0.6 is 22.6 Å². The fraction of sp³-hybridized carbons (Fsp3) is 0.667. The van der Waals surface area contributed by atoms with Crippen molar-refractivity contribution in [2.24, 2.45) is 5.92 Å². The van der Waals surface area contributed by atoms with Crippen LogP contribution in [0.15, 0.2) is 12.4 Å². The van der Waals surface area contributed by atoms with E-state index in [0.717, 1.165) is 16.1 Å². The van der Waals surface area contributed by atoms with Gasteiger partial charge in [-0.15, -0.1) is 0 Å². The minimum Gasteiger partial charge on any atom is -0.354 e. The molecule has 2 heterocycles. The molecule has 4 nitrogen and oxygen atoms in total. The van der Waals surface area contributed by atoms with Crippen molar-refractivity contribution >= 4 is 28.5 Å². The highest BCUT2D eigenvalue weighted by molar-refractivity contribution is 14.1. The number of rotatable bonds is 5. The van der Waals surface area contributed by atoms with E-state index < -0.39 is 0 Å². The van der Waals surface area contributed by atoms with Crippen molar-refractivity contribution in [1.82, 2.24) is 14.9 Å². The van der Waals surface area contributed by atoms with Crippen LogP contribution in [0, 0.1) is 9.49 Å². The summed E-state index contributed by atoms with van der Waals surface area (Å²) < 4.78 is 1.07. The molecule has 0 aliphatic carbocycles. The fourth-order valence-corrected chi connectivity index (χ4v) is 2.42. The van der Waals surface area contributed by atoms with Gasteiger partial charge in [-0.25, -0.2) is 9.97 Å². The van der Waals surface area contributed by atoms with Crippen LogP contribution < -0.4 is 5.32 Å². The van der Waals surface area contributed by atoms with Gasteiger partial charge in [-0.3, -0.25) is 0 Å². The van der Waals surface area contributed by atoms with E-state index in [1.54, 1.807) is 0 Å². The molecule has 1 saturated heterocycles. The lowest BCUT2D eigenvalue weighted by molar-refractivity contribution is 0.294. The number of anilines is 1. The van der Waals surface area contributed by atoms with Crippen LogP contribution in [0.4, 0.5) is 5.95 Å². The Labute approximate surface area is 116 Å². The van der Waals surface area contributed by atoms with Gasteiger partial charge in [-0.1, -0.05) is 6.92 Å². The minimum atomic E-state index is 0.635. The zero-order valence-corrected chi connectivity index (χ0v) is 12.4. The third kappa shape index (κ3) is 4.39. The van der Waals surface area contributed by atoms with Gasteiger partial charge in [0.1, 0.15) is 0 Å². The fourth-order valence-electron chi connectivity index (χ4n) is 2.14. The second kappa shape index (κ2) is 6.49. The molecule has 0 aromatic carbocycles. The van der Waals surface area contributed by atoms with Crippen LogP contribution in [0.5, 0.6) is 0 Å². The van der Waals surface area contributed by atoms with Crippen molar-refractivity contribution in [1.29, 1.82) is 0 Å². The lowest BCUT2D eigenvalue weighted by Crippen LogP contribution is -2.29. The van der Waals surface area contributed by atoms with Gasteiger partial charge in [-0.2, -0.15) is 0 Å². The van der Waals surface area contributed by atoms with Crippen molar-refractivity contribution < 1.29 is 0 Å². The summed E-state index contributed by atoms with van der Waals surface area (Å²) in [6.07, 6.45) is 6.39. The monoisotopic (exact) mass is 346 g/mol. The lowest BCUT2D eigenvalue weighted by Gasteiger charge is -2.20. The number of hydrogen-bond acceptors (Lipinski definition) is 4. The molecule has 1 N–H and O–H groups in total. The quantitative estimate of drug-likeness (QED) is 0.831. The first-order valence-corrected chi connectivity index (χ1v) is 7.25. The Morgan fingerprint density at radius 3 is 2.65 bits per heavy atom. The first-order chi connectivity index (χ1) is 8.24. The zero-order chi connectivity index (χ0) is 12.1. The number of nitrogens with one attached hydrogen (secondary N) is 1. The molecule has 2 rings (SSSR count). The van der Waals surface area contributed by atoms with E-state index in [4.69, 9.17) is 0 Å². The van der Waals surface area contributed by atoms with Crippen molar-refractivity contribution in [3.8, 4) is 0 Å². The molecule has 1 aromatic rings. The molecule has 17 heavy (non-hydrogen) atoms. The van der Waals surface area contributed by atoms with E-state index in [2.05, 4.69) is 49.7 Å². The summed E-state index contributed by atoms with van der Waals surface area (Å²) in [5, 5.41) is 3.29. The van der Waals surface area contributed by atoms with Gasteiger partial charge >= 0.3 is 0 Å². The second-order valence-corrected chi connectivity index (χ2v) is 5.96. The molecule has 0 bridgehead atoms. The Morgan fingerprint density at radius 2 is 2.00 bits per heavy atom. The molecule has 1 aliphatic heterocycles. The summed E-state index contributed by atoms with van der Waals surface area (Å²) in [5.74, 6) is 1.37. The molecule has 94 valence electrons. The number of hydrogen-bond donors (Lipinski definition) is 1. The molecular formula is C12H19IN4. The van der Waals surface area contributed by atoms with Crippen LogP contribution in [0.1, 0.15) is 19.8 Å². The lowest BCUT2D eigenvalue weighted by atomic mass is 10.1. The van der Waals surface area contributed by atoms with Crippen LogP contribution in [0.3, 0.4) is 0 Å². The van der Waals surface area contributed by atoms with Crippen LogP contribution in [-0.4, -0.2) is 41.0 Å². The molecule has 1 atom stereocenters. The molecule has 0 saturated carbocycles. The minimum absolute atomic E-state index is 0.635. The summed E-state index contributed by atoms with van der Waals surface area (Å²) >= 11 is 2.21. The van der Waals surface area contributed by atoms with E-state index in [1.165, 1.54) is 32.5 Å². The Morgan fingerprint density at radius 1 is 1.35 bits per heavy atom. The summed E-state index contributed by atoms with van der Waals surface area (Å²) in [6.45, 7) is 6.93. The average molecular weight is 346 g/mol. The average Bonchev–Trinajstić information content (AvgIpc) is 2.81. The molecular weight excluding hydrogens is 327 g/mol. The maximum absolute atomic E-state index is 4.24. The molecule has 0 spiro atoms. The standard InChI is InChI=1S/C12H19IN4/c1-10(9-17-4-2-3-5-17)6-14-12-15-7-11(13)8-16-12/h7-8,10H,2-6,9H2,1H3,(H,14,15,16). The normalized spacial score (nSPS) is 18.2. The van der Waals surface area contributed by atoms with Gasteiger partial charge in [0, 0.05) is 29.1 Å². The van der Waals surface area contributed by atoms with Crippen molar-refractivity contribution in [2.75, 3.05) is 31.5 Å². The third-order valence-electron chi connectivity index (χ3n) is 3.00. The maximum Gasteiger partial charge on any atom is 0.222 e. The number of halogens is 1. The predicted molar refractivity (Wildman–Crippen MR) is 78.1 cm³/mol. The Hall–Kier alpha value is -0.430. The molecule has 5 heteroatoms. The van der Waals surface area contributed by atoms with Crippen molar-refractivity contribution in [3.05, 3.63) is 16.0 Å². The Kier molecular flexibility index (Phi) is 4.97. The Balaban J connectivity index is 1.71. The predicted octanol–water partition coefficient (Wildman–Crippen LogP) is 2.22. The van der Waals surface area contributed by atoms with Gasteiger partial charge in [0.05, 0.1) is 0 Å². The van der Waals surface area contributed by atoms with Gasteiger partial charge in [-0.05, 0) is 54.4 Å². The highest BCUT2D eigenvalue weighted by atomic mass is 127. The van der Waals surface area contributed by atoms with Crippen LogP contribution in [-0.2, 0) is 0 Å². The number of aromatic nitrogens is 2. The van der Waals surface area contributed by atoms with E-state index in [9.17, 15) is 0 Å². The summed E-state index contributed by atoms with van der Waals surface area (Å²) in [7, 11) is 0. The highest BCUT2D eigenvalue weighted by Gasteiger charge is 2.14. The SMILES string of the molecule is CC(CNc1ncc(I)cn1)CN1CCCC1. The van der Waals surface area contributed by atoms with Crippen molar-refractivity contribution in [2.45, 2.75) is 19.8 Å². The largest absolute Gasteiger partial charge is 0.354 e. The second-order valence-electron chi connectivity index (χ2n) is 4.72. The maximum atomic E-state index is 4.24. The first kappa shape index (κ1) is 13.0. The first-order valence-electron chi connectivity index (χ1n) is 6.18. The summed E-state index contributed by atoms with van der Waals surface area (Å²) in [6, 6.07) is 0. The van der Waals surface area contributed by atoms with Crippen LogP contribution in [0.2, 0.25) is 0 Å². The van der Waals surface area contributed by atoms with Gasteiger partial charge in [0.25, 0.3) is 0 Å². The van der Waals surface area contributed by atoms with Gasteiger partial charge < -0.3 is 10.2 Å². The van der Waals surface area contributed by atoms with Gasteiger partial charge in [0.15, 0.2) is 0 Å². The summed E-state index contributed by atoms with van der Waals surface area (Å²) in [5.41, 5.74) is 0. The third-order valence-corrected chi connectivity index (χ3v) is 3.55. The molecule has 1 unspecified atom stereocenters. The number of likely N-dealkylation sites (tertiary alicyclic amines) is 1. The zero-order valence-electron chi connectivity index (χ0n) is 10.2. The van der Waals surface area contributed by atoms with Crippen molar-refractivity contribution in [3.63, 3.8) is 0 Å². The highest BCUT2D eigenvalue weighted by Crippen LogP contribution is 2.10. The van der Waals surface area contributed by atoms with Gasteiger partial charge in [0.2, 0.25) is 5.95 Å². The Bertz CT molecular complexity index is 335. The molecule has 0 radical (unpaired) electrons. The molecule has 1 fully saturated rings. The number of nitrogens with zero attached hydrogens (tertiary/aromatic N) is 3. The van der Waals surface area contributed by atoms with Crippen LogP contribution in [0.25, 0.3) is 0 Å². The summed E-state index contributed by atoms with van der Waals surface area (Å²) in [4.78, 5) is 11.0. The molecule has 1 aromatic heterocycles. The van der Waals surface area contributed by atoms with E-state index in [1.807, 2.05) is 12.4 Å². The molecule has 0 amide bonds. The van der Waals surface area contributed by atoms with E-state index >= 15 is 0 Å². The molecule has 1 aliphatic rings.